The molecule has 0 amide bonds. The predicted molar refractivity (Wildman–Crippen MR) is 80.7 cm³/mol. The van der Waals surface area contributed by atoms with Gasteiger partial charge in [-0.2, -0.15) is 0 Å². The van der Waals surface area contributed by atoms with Crippen molar-refractivity contribution in [2.75, 3.05) is 0 Å². The van der Waals surface area contributed by atoms with Gasteiger partial charge in [-0.25, -0.2) is 4.39 Å². The first-order valence-corrected chi connectivity index (χ1v) is 6.93. The topological polar surface area (TPSA) is 38.0 Å². The number of benzene rings is 2. The normalized spacial score (nSPS) is 12.3. The standard InChI is InChI=1S/C17H21FN2/c1-13-5-7-14(8-6-13)9-10-17(20-19)12-15-3-2-4-16(18)11-15/h2-8,11,17,20H,9-10,12,19H2,1H3. The molecule has 1 unspecified atom stereocenters. The molecule has 2 aromatic rings. The summed E-state index contributed by atoms with van der Waals surface area (Å²) in [7, 11) is 0. The van der Waals surface area contributed by atoms with Crippen LogP contribution in [0.4, 0.5) is 4.39 Å². The van der Waals surface area contributed by atoms with Gasteiger partial charge in [-0.1, -0.05) is 42.0 Å². The fourth-order valence-corrected chi connectivity index (χ4v) is 2.29. The van der Waals surface area contributed by atoms with Crippen LogP contribution in [0.5, 0.6) is 0 Å². The Hall–Kier alpha value is -1.71. The fourth-order valence-electron chi connectivity index (χ4n) is 2.29. The van der Waals surface area contributed by atoms with Crippen LogP contribution in [0.25, 0.3) is 0 Å². The van der Waals surface area contributed by atoms with Crippen LogP contribution in [-0.4, -0.2) is 6.04 Å². The summed E-state index contributed by atoms with van der Waals surface area (Å²) < 4.78 is 13.2. The average Bonchev–Trinajstić information content (AvgIpc) is 2.45. The van der Waals surface area contributed by atoms with Gasteiger partial charge < -0.3 is 0 Å². The first-order valence-electron chi connectivity index (χ1n) is 6.93. The number of nitrogens with two attached hydrogens (primary N) is 1. The molecule has 20 heavy (non-hydrogen) atoms. The van der Waals surface area contributed by atoms with Crippen molar-refractivity contribution in [3.8, 4) is 0 Å². The summed E-state index contributed by atoms with van der Waals surface area (Å²) in [4.78, 5) is 0. The summed E-state index contributed by atoms with van der Waals surface area (Å²) in [5.74, 6) is 5.41. The maximum Gasteiger partial charge on any atom is 0.123 e. The van der Waals surface area contributed by atoms with Crippen LogP contribution < -0.4 is 11.3 Å². The first kappa shape index (κ1) is 14.7. The Morgan fingerprint density at radius 1 is 1.10 bits per heavy atom. The maximum atomic E-state index is 13.2. The Morgan fingerprint density at radius 2 is 1.85 bits per heavy atom. The van der Waals surface area contributed by atoms with Crippen molar-refractivity contribution in [3.05, 3.63) is 71.0 Å². The van der Waals surface area contributed by atoms with E-state index < -0.39 is 0 Å². The molecule has 0 heterocycles. The maximum absolute atomic E-state index is 13.2. The first-order chi connectivity index (χ1) is 9.67. The van der Waals surface area contributed by atoms with Gasteiger partial charge in [0, 0.05) is 6.04 Å². The third-order valence-corrected chi connectivity index (χ3v) is 3.51. The molecule has 0 saturated carbocycles. The van der Waals surface area contributed by atoms with Crippen LogP contribution >= 0.6 is 0 Å². The molecule has 1 atom stereocenters. The number of aryl methyl sites for hydroxylation is 2. The second-order valence-corrected chi connectivity index (χ2v) is 5.22. The molecule has 0 radical (unpaired) electrons. The highest BCUT2D eigenvalue weighted by Gasteiger charge is 2.08. The minimum Gasteiger partial charge on any atom is -0.271 e. The summed E-state index contributed by atoms with van der Waals surface area (Å²) in [5.41, 5.74) is 6.37. The van der Waals surface area contributed by atoms with E-state index in [1.807, 2.05) is 6.07 Å². The Kier molecular flexibility index (Phi) is 5.27. The van der Waals surface area contributed by atoms with E-state index in [0.29, 0.717) is 0 Å². The summed E-state index contributed by atoms with van der Waals surface area (Å²) in [6.07, 6.45) is 2.63. The number of hydrazine groups is 1. The second-order valence-electron chi connectivity index (χ2n) is 5.22. The smallest absolute Gasteiger partial charge is 0.123 e. The zero-order valence-corrected chi connectivity index (χ0v) is 11.8. The monoisotopic (exact) mass is 272 g/mol. The minimum absolute atomic E-state index is 0.151. The lowest BCUT2D eigenvalue weighted by molar-refractivity contribution is 0.490. The zero-order valence-electron chi connectivity index (χ0n) is 11.8. The van der Waals surface area contributed by atoms with Crippen molar-refractivity contribution >= 4 is 0 Å². The quantitative estimate of drug-likeness (QED) is 0.626. The molecule has 0 aliphatic carbocycles. The molecule has 0 spiro atoms. The summed E-state index contributed by atoms with van der Waals surface area (Å²) in [6.45, 7) is 2.08. The van der Waals surface area contributed by atoms with Gasteiger partial charge in [0.25, 0.3) is 0 Å². The van der Waals surface area contributed by atoms with E-state index in [1.165, 1.54) is 17.2 Å². The van der Waals surface area contributed by atoms with Gasteiger partial charge in [-0.3, -0.25) is 11.3 Å². The molecule has 2 nitrogen and oxygen atoms in total. The highest BCUT2D eigenvalue weighted by Crippen LogP contribution is 2.11. The zero-order chi connectivity index (χ0) is 14.4. The molecule has 0 aliphatic rings. The molecule has 0 aliphatic heterocycles. The lowest BCUT2D eigenvalue weighted by atomic mass is 9.99. The van der Waals surface area contributed by atoms with Crippen molar-refractivity contribution in [1.82, 2.24) is 5.43 Å². The number of hydrogen-bond donors (Lipinski definition) is 2. The van der Waals surface area contributed by atoms with Gasteiger partial charge in [0.1, 0.15) is 5.82 Å². The van der Waals surface area contributed by atoms with Gasteiger partial charge in [-0.05, 0) is 49.4 Å². The van der Waals surface area contributed by atoms with Crippen molar-refractivity contribution in [1.29, 1.82) is 0 Å². The molecular formula is C17H21FN2. The molecule has 3 N–H and O–H groups in total. The molecule has 0 saturated heterocycles. The number of nitrogens with one attached hydrogen (secondary N) is 1. The second kappa shape index (κ2) is 7.17. The molecule has 0 aromatic heterocycles. The predicted octanol–water partition coefficient (Wildman–Crippen LogP) is 3.14. The Labute approximate surface area is 119 Å². The van der Waals surface area contributed by atoms with E-state index in [4.69, 9.17) is 5.84 Å². The summed E-state index contributed by atoms with van der Waals surface area (Å²) in [6, 6.07) is 15.4. The SMILES string of the molecule is Cc1ccc(CCC(Cc2cccc(F)c2)NN)cc1. The van der Waals surface area contributed by atoms with Gasteiger partial charge in [0.05, 0.1) is 0 Å². The van der Waals surface area contributed by atoms with Crippen LogP contribution in [0.1, 0.15) is 23.1 Å². The lowest BCUT2D eigenvalue weighted by Gasteiger charge is -2.16. The molecular weight excluding hydrogens is 251 g/mol. The molecule has 106 valence electrons. The van der Waals surface area contributed by atoms with Crippen LogP contribution in [0.15, 0.2) is 48.5 Å². The van der Waals surface area contributed by atoms with Crippen molar-refractivity contribution in [2.24, 2.45) is 5.84 Å². The van der Waals surface area contributed by atoms with Crippen LogP contribution in [0, 0.1) is 12.7 Å². The number of rotatable bonds is 6. The van der Waals surface area contributed by atoms with E-state index in [2.05, 4.69) is 36.6 Å². The largest absolute Gasteiger partial charge is 0.271 e. The van der Waals surface area contributed by atoms with Gasteiger partial charge in [-0.15, -0.1) is 0 Å². The molecule has 2 rings (SSSR count). The highest BCUT2D eigenvalue weighted by molar-refractivity contribution is 5.22. The van der Waals surface area contributed by atoms with Crippen LogP contribution in [0.3, 0.4) is 0 Å². The van der Waals surface area contributed by atoms with E-state index in [0.717, 1.165) is 24.8 Å². The minimum atomic E-state index is -0.197. The van der Waals surface area contributed by atoms with Gasteiger partial charge >= 0.3 is 0 Å². The fraction of sp³-hybridized carbons (Fsp3) is 0.294. The highest BCUT2D eigenvalue weighted by atomic mass is 19.1. The van der Waals surface area contributed by atoms with E-state index in [1.54, 1.807) is 12.1 Å². The Morgan fingerprint density at radius 3 is 2.50 bits per heavy atom. The summed E-state index contributed by atoms with van der Waals surface area (Å²) >= 11 is 0. The van der Waals surface area contributed by atoms with Crippen molar-refractivity contribution in [2.45, 2.75) is 32.2 Å². The van der Waals surface area contributed by atoms with Crippen LogP contribution in [0.2, 0.25) is 0 Å². The van der Waals surface area contributed by atoms with Crippen LogP contribution in [-0.2, 0) is 12.8 Å². The average molecular weight is 272 g/mol. The van der Waals surface area contributed by atoms with E-state index >= 15 is 0 Å². The van der Waals surface area contributed by atoms with Gasteiger partial charge in [0.2, 0.25) is 0 Å². The number of halogens is 1. The van der Waals surface area contributed by atoms with E-state index in [-0.39, 0.29) is 11.9 Å². The van der Waals surface area contributed by atoms with Gasteiger partial charge in [0.15, 0.2) is 0 Å². The summed E-state index contributed by atoms with van der Waals surface area (Å²) in [5, 5.41) is 0. The van der Waals surface area contributed by atoms with Crippen molar-refractivity contribution in [3.63, 3.8) is 0 Å². The van der Waals surface area contributed by atoms with E-state index in [9.17, 15) is 4.39 Å². The third kappa shape index (κ3) is 4.44. The van der Waals surface area contributed by atoms with Crippen molar-refractivity contribution < 1.29 is 4.39 Å². The molecule has 2 aromatic carbocycles. The number of hydrogen-bond acceptors (Lipinski definition) is 2. The lowest BCUT2D eigenvalue weighted by Crippen LogP contribution is -2.37. The molecule has 0 fully saturated rings. The third-order valence-electron chi connectivity index (χ3n) is 3.51. The molecule has 0 bridgehead atoms. The molecule has 3 heteroatoms. The Balaban J connectivity index is 1.90. The Bertz CT molecular complexity index is 537.